The third-order valence-corrected chi connectivity index (χ3v) is 5.33. The maximum absolute atomic E-state index is 13.3. The normalized spacial score (nSPS) is 15.0. The number of nitrogens with zero attached hydrogens (tertiary/aromatic N) is 6. The van der Waals surface area contributed by atoms with Crippen LogP contribution in [0.2, 0.25) is 5.02 Å². The molecule has 2 heterocycles. The molecule has 1 aliphatic rings. The molecule has 0 radical (unpaired) electrons. The second-order valence-electron chi connectivity index (χ2n) is 7.43. The van der Waals surface area contributed by atoms with Crippen molar-refractivity contribution in [1.29, 1.82) is 0 Å². The van der Waals surface area contributed by atoms with Gasteiger partial charge in [-0.2, -0.15) is 28.5 Å². The molecule has 1 aromatic carbocycles. The molecule has 2 aromatic heterocycles. The molecule has 0 aliphatic heterocycles. The molecule has 1 atom stereocenters. The van der Waals surface area contributed by atoms with Crippen LogP contribution in [0.1, 0.15) is 47.6 Å². The Hall–Kier alpha value is -3.01. The first-order valence-corrected chi connectivity index (χ1v) is 9.97. The Morgan fingerprint density at radius 3 is 2.71 bits per heavy atom. The summed E-state index contributed by atoms with van der Waals surface area (Å²) >= 11 is 5.90. The lowest BCUT2D eigenvalue weighted by Crippen LogP contribution is -2.36. The van der Waals surface area contributed by atoms with Gasteiger partial charge in [-0.25, -0.2) is 9.67 Å². The van der Waals surface area contributed by atoms with E-state index in [0.29, 0.717) is 24.0 Å². The van der Waals surface area contributed by atoms with Gasteiger partial charge < -0.3 is 4.90 Å². The summed E-state index contributed by atoms with van der Waals surface area (Å²) in [7, 11) is 0. The minimum absolute atomic E-state index is 0.121. The molecular weight excluding hydrogens is 433 g/mol. The van der Waals surface area contributed by atoms with Gasteiger partial charge in [0.25, 0.3) is 5.91 Å². The van der Waals surface area contributed by atoms with E-state index < -0.39 is 23.7 Å². The quantitative estimate of drug-likeness (QED) is 0.558. The molecule has 11 heteroatoms. The van der Waals surface area contributed by atoms with Crippen LogP contribution in [0.25, 0.3) is 5.69 Å². The number of hydrogen-bond donors (Lipinski definition) is 0. The van der Waals surface area contributed by atoms with Gasteiger partial charge in [0.1, 0.15) is 6.33 Å². The number of amides is 1. The summed E-state index contributed by atoms with van der Waals surface area (Å²) in [4.78, 5) is 19.2. The van der Waals surface area contributed by atoms with Gasteiger partial charge in [-0.3, -0.25) is 4.79 Å². The Morgan fingerprint density at radius 1 is 1.29 bits per heavy atom. The van der Waals surface area contributed by atoms with Crippen molar-refractivity contribution in [3.8, 4) is 5.69 Å². The fraction of sp³-hybridized carbons (Fsp3) is 0.350. The van der Waals surface area contributed by atoms with Crippen LogP contribution in [-0.4, -0.2) is 42.3 Å². The van der Waals surface area contributed by atoms with Gasteiger partial charge in [0.2, 0.25) is 0 Å². The van der Waals surface area contributed by atoms with E-state index in [4.69, 9.17) is 11.6 Å². The van der Waals surface area contributed by atoms with Crippen LogP contribution >= 0.6 is 11.6 Å². The van der Waals surface area contributed by atoms with Crippen molar-refractivity contribution in [2.24, 2.45) is 5.92 Å². The van der Waals surface area contributed by atoms with E-state index in [0.717, 1.165) is 25.0 Å². The zero-order chi connectivity index (χ0) is 22.2. The number of benzene rings is 1. The maximum Gasteiger partial charge on any atom is 0.416 e. The van der Waals surface area contributed by atoms with Gasteiger partial charge in [0.05, 0.1) is 29.7 Å². The van der Waals surface area contributed by atoms with Crippen LogP contribution in [0.15, 0.2) is 43.0 Å². The lowest BCUT2D eigenvalue weighted by molar-refractivity contribution is -0.137. The molecule has 0 spiro atoms. The number of halogens is 4. The summed E-state index contributed by atoms with van der Waals surface area (Å²) < 4.78 is 41.2. The van der Waals surface area contributed by atoms with Crippen molar-refractivity contribution in [3.63, 3.8) is 0 Å². The van der Waals surface area contributed by atoms with Crippen LogP contribution in [0, 0.1) is 5.92 Å². The smallest absolute Gasteiger partial charge is 0.328 e. The lowest BCUT2D eigenvalue weighted by Gasteiger charge is -2.29. The summed E-state index contributed by atoms with van der Waals surface area (Å²) in [5, 5.41) is 11.6. The third-order valence-electron chi connectivity index (χ3n) is 5.11. The molecular formula is C20H18ClF3N6O. The first-order valence-electron chi connectivity index (χ1n) is 9.60. The zero-order valence-corrected chi connectivity index (χ0v) is 17.2. The monoisotopic (exact) mass is 450 g/mol. The molecule has 31 heavy (non-hydrogen) atoms. The predicted octanol–water partition coefficient (Wildman–Crippen LogP) is 4.34. The summed E-state index contributed by atoms with van der Waals surface area (Å²) in [6, 6.07) is 4.02. The molecule has 0 saturated heterocycles. The summed E-state index contributed by atoms with van der Waals surface area (Å²) in [5.41, 5.74) is -0.479. The summed E-state index contributed by atoms with van der Waals surface area (Å²) in [6.45, 7) is 2.17. The number of alkyl halides is 3. The first-order chi connectivity index (χ1) is 14.7. The molecule has 1 unspecified atom stereocenters. The maximum atomic E-state index is 13.3. The average Bonchev–Trinajstić information content (AvgIpc) is 3.43. The predicted molar refractivity (Wildman–Crippen MR) is 106 cm³/mol. The molecule has 3 aromatic rings. The van der Waals surface area contributed by atoms with Gasteiger partial charge in [-0.05, 0) is 49.9 Å². The topological polar surface area (TPSA) is 76.8 Å². The van der Waals surface area contributed by atoms with Crippen molar-refractivity contribution >= 4 is 17.5 Å². The van der Waals surface area contributed by atoms with Crippen molar-refractivity contribution in [3.05, 3.63) is 65.0 Å². The van der Waals surface area contributed by atoms with Crippen molar-refractivity contribution < 1.29 is 18.0 Å². The number of carbonyl (C=O) groups is 1. The van der Waals surface area contributed by atoms with E-state index in [9.17, 15) is 18.0 Å². The van der Waals surface area contributed by atoms with E-state index >= 15 is 0 Å². The molecule has 0 N–H and O–H groups in total. The van der Waals surface area contributed by atoms with Gasteiger partial charge in [-0.15, -0.1) is 0 Å². The molecule has 1 saturated carbocycles. The highest BCUT2D eigenvalue weighted by molar-refractivity contribution is 6.31. The standard InChI is InChI=1S/C20H18ClF3N6O/c1-12(18-25-11-28-30(18)17-4-5-26-27-9-17)29(10-13-2-3-13)19(31)14-6-15(20(22,23)24)8-16(21)7-14/h4-9,11-13H,2-3,10H2,1H3. The van der Waals surface area contributed by atoms with Crippen molar-refractivity contribution in [2.75, 3.05) is 6.54 Å². The van der Waals surface area contributed by atoms with E-state index in [1.165, 1.54) is 34.4 Å². The van der Waals surface area contributed by atoms with Gasteiger partial charge in [0.15, 0.2) is 5.82 Å². The average molecular weight is 451 g/mol. The van der Waals surface area contributed by atoms with Crippen LogP contribution in [0.5, 0.6) is 0 Å². The fourth-order valence-electron chi connectivity index (χ4n) is 3.32. The van der Waals surface area contributed by atoms with E-state index in [1.807, 2.05) is 0 Å². The second-order valence-corrected chi connectivity index (χ2v) is 7.87. The van der Waals surface area contributed by atoms with E-state index in [2.05, 4.69) is 20.3 Å². The molecule has 7 nitrogen and oxygen atoms in total. The van der Waals surface area contributed by atoms with Crippen LogP contribution in [-0.2, 0) is 6.18 Å². The highest BCUT2D eigenvalue weighted by atomic mass is 35.5. The zero-order valence-electron chi connectivity index (χ0n) is 16.4. The highest BCUT2D eigenvalue weighted by Crippen LogP contribution is 2.35. The van der Waals surface area contributed by atoms with Crippen molar-refractivity contribution in [2.45, 2.75) is 32.0 Å². The molecule has 4 rings (SSSR count). The lowest BCUT2D eigenvalue weighted by atomic mass is 10.1. The van der Waals surface area contributed by atoms with Crippen LogP contribution < -0.4 is 0 Å². The number of aromatic nitrogens is 5. The van der Waals surface area contributed by atoms with Crippen molar-refractivity contribution in [1.82, 2.24) is 29.9 Å². The first kappa shape index (κ1) is 21.2. The Balaban J connectivity index is 1.70. The van der Waals surface area contributed by atoms with Crippen LogP contribution in [0.3, 0.4) is 0 Å². The summed E-state index contributed by atoms with van der Waals surface area (Å²) in [5.74, 6) is 0.210. The third kappa shape index (κ3) is 4.68. The Labute approximate surface area is 180 Å². The molecule has 0 bridgehead atoms. The van der Waals surface area contributed by atoms with Gasteiger partial charge in [-0.1, -0.05) is 11.6 Å². The van der Waals surface area contributed by atoms with Crippen LogP contribution in [0.4, 0.5) is 13.2 Å². The van der Waals surface area contributed by atoms with Gasteiger partial charge in [0, 0.05) is 17.1 Å². The Bertz CT molecular complexity index is 1080. The number of carbonyl (C=O) groups excluding carboxylic acids is 1. The van der Waals surface area contributed by atoms with Gasteiger partial charge >= 0.3 is 6.18 Å². The Kier molecular flexibility index (Phi) is 5.65. The second kappa shape index (κ2) is 8.26. The Morgan fingerprint density at radius 2 is 2.06 bits per heavy atom. The SMILES string of the molecule is CC(c1ncnn1-c1ccnnc1)N(CC1CC1)C(=O)c1cc(Cl)cc(C(F)(F)F)c1. The largest absolute Gasteiger partial charge is 0.416 e. The van der Waals surface area contributed by atoms with E-state index in [-0.39, 0.29) is 10.6 Å². The fourth-order valence-corrected chi connectivity index (χ4v) is 3.56. The highest BCUT2D eigenvalue weighted by Gasteiger charge is 2.35. The molecule has 1 amide bonds. The minimum atomic E-state index is -4.61. The molecule has 162 valence electrons. The summed E-state index contributed by atoms with van der Waals surface area (Å²) in [6.07, 6.45) is 1.67. The van der Waals surface area contributed by atoms with E-state index in [1.54, 1.807) is 13.0 Å². The number of hydrogen-bond acceptors (Lipinski definition) is 5. The number of rotatable bonds is 6. The molecule has 1 aliphatic carbocycles. The molecule has 1 fully saturated rings. The minimum Gasteiger partial charge on any atom is -0.328 e.